The minimum absolute atomic E-state index is 0.278. The van der Waals surface area contributed by atoms with Gasteiger partial charge in [0, 0.05) is 10.7 Å². The van der Waals surface area contributed by atoms with Crippen molar-refractivity contribution in [2.45, 2.75) is 44.9 Å². The van der Waals surface area contributed by atoms with E-state index in [2.05, 4.69) is 15.3 Å². The first-order valence-electron chi connectivity index (χ1n) is 9.03. The Morgan fingerprint density at radius 2 is 2.00 bits per heavy atom. The summed E-state index contributed by atoms with van der Waals surface area (Å²) < 4.78 is 5.45. The lowest BCUT2D eigenvalue weighted by molar-refractivity contribution is -0.143. The fourth-order valence-corrected chi connectivity index (χ4v) is 3.89. The van der Waals surface area contributed by atoms with E-state index in [0.29, 0.717) is 32.8 Å². The largest absolute Gasteiger partial charge is 0.460 e. The maximum absolute atomic E-state index is 13.0. The van der Waals surface area contributed by atoms with Crippen LogP contribution in [0.25, 0.3) is 0 Å². The van der Waals surface area contributed by atoms with Gasteiger partial charge in [-0.25, -0.2) is 9.78 Å². The first-order valence-corrected chi connectivity index (χ1v) is 10.4. The molecule has 0 amide bonds. The van der Waals surface area contributed by atoms with E-state index in [1.165, 1.54) is 11.8 Å². The normalized spacial score (nSPS) is 16.0. The fraction of sp³-hybridized carbons (Fsp3) is 0.350. The number of hydrogen-bond donors (Lipinski definition) is 2. The zero-order chi connectivity index (χ0) is 20.4. The molecule has 0 saturated heterocycles. The Morgan fingerprint density at radius 1 is 1.32 bits per heavy atom. The molecular weight excluding hydrogens is 398 g/mol. The molecule has 1 atom stereocenters. The molecule has 0 spiro atoms. The summed E-state index contributed by atoms with van der Waals surface area (Å²) >= 11 is 7.48. The molecule has 6 nitrogen and oxygen atoms in total. The van der Waals surface area contributed by atoms with Gasteiger partial charge in [0.05, 0.1) is 23.2 Å². The molecule has 1 aromatic carbocycles. The van der Waals surface area contributed by atoms with Crippen LogP contribution >= 0.6 is 23.4 Å². The van der Waals surface area contributed by atoms with Gasteiger partial charge in [-0.3, -0.25) is 4.79 Å². The highest BCUT2D eigenvalue weighted by Crippen LogP contribution is 2.40. The Bertz CT molecular complexity index is 983. The molecule has 2 N–H and O–H groups in total. The summed E-state index contributed by atoms with van der Waals surface area (Å²) in [6, 6.07) is 7.10. The number of ether oxygens (including phenoxy) is 1. The zero-order valence-corrected chi connectivity index (χ0v) is 17.7. The van der Waals surface area contributed by atoms with Gasteiger partial charge >= 0.3 is 5.97 Å². The third-order valence-electron chi connectivity index (χ3n) is 4.27. The number of fused-ring (bicyclic) bond motifs is 1. The summed E-state index contributed by atoms with van der Waals surface area (Å²) in [7, 11) is 0. The summed E-state index contributed by atoms with van der Waals surface area (Å²) in [6.07, 6.45) is -0.278. The Balaban J connectivity index is 2.21. The smallest absolute Gasteiger partial charge is 0.337 e. The molecule has 0 fully saturated rings. The van der Waals surface area contributed by atoms with E-state index in [-0.39, 0.29) is 11.7 Å². The molecule has 1 aliphatic rings. The maximum Gasteiger partial charge on any atom is 0.337 e. The molecule has 3 rings (SSSR count). The second kappa shape index (κ2) is 8.41. The van der Waals surface area contributed by atoms with Crippen molar-refractivity contribution in [1.29, 1.82) is 0 Å². The van der Waals surface area contributed by atoms with E-state index in [1.807, 2.05) is 19.1 Å². The van der Waals surface area contributed by atoms with Crippen LogP contribution in [0.15, 0.2) is 45.5 Å². The third-order valence-corrected chi connectivity index (χ3v) is 5.28. The van der Waals surface area contributed by atoms with Crippen molar-refractivity contribution in [3.63, 3.8) is 0 Å². The highest BCUT2D eigenvalue weighted by atomic mass is 35.5. The third kappa shape index (κ3) is 4.10. The van der Waals surface area contributed by atoms with Crippen LogP contribution in [0.2, 0.25) is 5.02 Å². The van der Waals surface area contributed by atoms with Crippen LogP contribution in [-0.2, 0) is 9.53 Å². The lowest BCUT2D eigenvalue weighted by Gasteiger charge is -2.29. The molecule has 1 aromatic heterocycles. The van der Waals surface area contributed by atoms with Crippen LogP contribution in [0, 0.1) is 0 Å². The van der Waals surface area contributed by atoms with Gasteiger partial charge in [-0.2, -0.15) is 0 Å². The van der Waals surface area contributed by atoms with Gasteiger partial charge in [-0.1, -0.05) is 42.4 Å². The van der Waals surface area contributed by atoms with Crippen LogP contribution < -0.4 is 10.9 Å². The second-order valence-electron chi connectivity index (χ2n) is 6.67. The van der Waals surface area contributed by atoms with Crippen molar-refractivity contribution in [2.24, 2.45) is 0 Å². The minimum atomic E-state index is -0.600. The second-order valence-corrected chi connectivity index (χ2v) is 8.36. The van der Waals surface area contributed by atoms with Gasteiger partial charge in [-0.15, -0.1) is 0 Å². The van der Waals surface area contributed by atoms with Crippen LogP contribution in [0.3, 0.4) is 0 Å². The highest BCUT2D eigenvalue weighted by molar-refractivity contribution is 7.99. The molecule has 0 aliphatic carbocycles. The number of rotatable bonds is 5. The van der Waals surface area contributed by atoms with Crippen LogP contribution in [-0.4, -0.2) is 27.8 Å². The number of aromatic nitrogens is 2. The summed E-state index contributed by atoms with van der Waals surface area (Å²) in [5.41, 5.74) is 1.89. The number of benzene rings is 1. The maximum atomic E-state index is 13.0. The van der Waals surface area contributed by atoms with Crippen molar-refractivity contribution in [3.05, 3.63) is 62.0 Å². The molecule has 148 valence electrons. The quantitative estimate of drug-likeness (QED) is 0.426. The predicted molar refractivity (Wildman–Crippen MR) is 112 cm³/mol. The Kier molecular flexibility index (Phi) is 6.15. The standard InChI is InChI=1S/C20H22ClN3O3S/c1-5-28-20-23-17-16(18(25)24-20)15(12-6-8-13(21)9-7-12)14(11(4)22-17)19(26)27-10(2)3/h6-10,15H,5H2,1-4H3,(H2,22,23,24,25)/t15-/m0/s1. The van der Waals surface area contributed by atoms with E-state index in [4.69, 9.17) is 16.3 Å². The SMILES string of the molecule is CCSc1nc2c(c(=O)[nH]1)[C@@H](c1ccc(Cl)cc1)C(C(=O)OC(C)C)=C(C)N2. The van der Waals surface area contributed by atoms with Crippen LogP contribution in [0.4, 0.5) is 5.82 Å². The van der Waals surface area contributed by atoms with Gasteiger partial charge in [0.25, 0.3) is 5.56 Å². The number of allylic oxidation sites excluding steroid dienone is 1. The van der Waals surface area contributed by atoms with Crippen molar-refractivity contribution in [3.8, 4) is 0 Å². The van der Waals surface area contributed by atoms with E-state index in [0.717, 1.165) is 11.3 Å². The number of aromatic amines is 1. The molecular formula is C20H22ClN3O3S. The molecule has 1 aliphatic heterocycles. The number of anilines is 1. The Hall–Kier alpha value is -2.25. The fourth-order valence-electron chi connectivity index (χ4n) is 3.17. The first kappa shape index (κ1) is 20.5. The summed E-state index contributed by atoms with van der Waals surface area (Å²) in [4.78, 5) is 33.2. The predicted octanol–water partition coefficient (Wildman–Crippen LogP) is 4.32. The van der Waals surface area contributed by atoms with Crippen LogP contribution in [0.1, 0.15) is 44.7 Å². The lowest BCUT2D eigenvalue weighted by Crippen LogP contribution is -2.31. The summed E-state index contributed by atoms with van der Waals surface area (Å²) in [5, 5.41) is 4.24. The number of thioether (sulfide) groups is 1. The highest BCUT2D eigenvalue weighted by Gasteiger charge is 2.36. The number of hydrogen-bond acceptors (Lipinski definition) is 6. The monoisotopic (exact) mass is 419 g/mol. The molecule has 0 bridgehead atoms. The van der Waals surface area contributed by atoms with Gasteiger partial charge in [0.15, 0.2) is 5.16 Å². The number of carbonyl (C=O) groups is 1. The average Bonchev–Trinajstić information content (AvgIpc) is 2.60. The average molecular weight is 420 g/mol. The van der Waals surface area contributed by atoms with Crippen molar-refractivity contribution in [1.82, 2.24) is 9.97 Å². The topological polar surface area (TPSA) is 84.1 Å². The number of nitrogens with zero attached hydrogens (tertiary/aromatic N) is 1. The lowest BCUT2D eigenvalue weighted by atomic mass is 9.82. The number of nitrogens with one attached hydrogen (secondary N) is 2. The van der Waals surface area contributed by atoms with Gasteiger partial charge in [0.1, 0.15) is 5.82 Å². The van der Waals surface area contributed by atoms with Crippen molar-refractivity contribution < 1.29 is 9.53 Å². The number of H-pyrrole nitrogens is 1. The molecule has 0 unspecified atom stereocenters. The van der Waals surface area contributed by atoms with E-state index >= 15 is 0 Å². The molecule has 8 heteroatoms. The molecule has 2 aromatic rings. The van der Waals surface area contributed by atoms with E-state index < -0.39 is 11.9 Å². The van der Waals surface area contributed by atoms with Crippen molar-refractivity contribution in [2.75, 3.05) is 11.1 Å². The number of halogens is 1. The number of esters is 1. The summed E-state index contributed by atoms with van der Waals surface area (Å²) in [6.45, 7) is 7.35. The van der Waals surface area contributed by atoms with Gasteiger partial charge in [-0.05, 0) is 44.2 Å². The van der Waals surface area contributed by atoms with E-state index in [9.17, 15) is 9.59 Å². The summed E-state index contributed by atoms with van der Waals surface area (Å²) in [5.74, 6) is 0.176. The van der Waals surface area contributed by atoms with Crippen LogP contribution in [0.5, 0.6) is 0 Å². The Morgan fingerprint density at radius 3 is 2.61 bits per heavy atom. The minimum Gasteiger partial charge on any atom is -0.460 e. The van der Waals surface area contributed by atoms with Gasteiger partial charge < -0.3 is 15.0 Å². The Labute approximate surface area is 172 Å². The molecule has 0 saturated carbocycles. The molecule has 0 radical (unpaired) electrons. The molecule has 2 heterocycles. The molecule has 28 heavy (non-hydrogen) atoms. The van der Waals surface area contributed by atoms with E-state index in [1.54, 1.807) is 32.9 Å². The first-order chi connectivity index (χ1) is 13.3. The number of carbonyl (C=O) groups excluding carboxylic acids is 1. The van der Waals surface area contributed by atoms with Crippen molar-refractivity contribution >= 4 is 35.1 Å². The van der Waals surface area contributed by atoms with Gasteiger partial charge in [0.2, 0.25) is 0 Å². The zero-order valence-electron chi connectivity index (χ0n) is 16.1.